The van der Waals surface area contributed by atoms with Crippen molar-refractivity contribution in [3.63, 3.8) is 0 Å². The molecule has 0 aromatic heterocycles. The molecule has 0 saturated heterocycles. The molecule has 0 radical (unpaired) electrons. The van der Waals surface area contributed by atoms with Crippen molar-refractivity contribution < 1.29 is 19.4 Å². The quantitative estimate of drug-likeness (QED) is 0.687. The molecule has 0 aliphatic carbocycles. The summed E-state index contributed by atoms with van der Waals surface area (Å²) in [6.07, 6.45) is -0.691. The predicted molar refractivity (Wildman–Crippen MR) is 46.4 cm³/mol. The van der Waals surface area contributed by atoms with Gasteiger partial charge in [0.15, 0.2) is 0 Å². The number of hydrogen-bond acceptors (Lipinski definition) is 3. The molecule has 76 valence electrons. The van der Waals surface area contributed by atoms with E-state index in [4.69, 9.17) is 5.11 Å². The third kappa shape index (κ3) is 4.35. The molecular formula is C8H15NO4. The van der Waals surface area contributed by atoms with Gasteiger partial charge in [-0.3, -0.25) is 0 Å². The van der Waals surface area contributed by atoms with E-state index in [2.05, 4.69) is 10.1 Å². The first-order chi connectivity index (χ1) is 5.99. The molecule has 0 aromatic carbocycles. The van der Waals surface area contributed by atoms with Crippen LogP contribution in [-0.4, -0.2) is 29.8 Å². The van der Waals surface area contributed by atoms with E-state index in [1.54, 1.807) is 20.8 Å². The van der Waals surface area contributed by atoms with Crippen LogP contribution in [0.5, 0.6) is 0 Å². The first kappa shape index (κ1) is 11.7. The van der Waals surface area contributed by atoms with Crippen molar-refractivity contribution >= 4 is 12.1 Å². The second-order valence-electron chi connectivity index (χ2n) is 2.92. The fourth-order valence-corrected chi connectivity index (χ4v) is 0.813. The van der Waals surface area contributed by atoms with Gasteiger partial charge in [-0.2, -0.15) is 0 Å². The number of carboxylic acids is 1. The number of amides is 1. The van der Waals surface area contributed by atoms with Gasteiger partial charge in [-0.05, 0) is 12.8 Å². The number of carbonyl (C=O) groups excluding carboxylic acids is 1. The van der Waals surface area contributed by atoms with Crippen LogP contribution in [0, 0.1) is 5.92 Å². The third-order valence-electron chi connectivity index (χ3n) is 1.48. The maximum absolute atomic E-state index is 10.9. The summed E-state index contributed by atoms with van der Waals surface area (Å²) in [5.41, 5.74) is 0. The Labute approximate surface area is 77.1 Å². The number of alkyl carbamates (subject to hydrolysis) is 1. The van der Waals surface area contributed by atoms with Gasteiger partial charge in [0, 0.05) is 0 Å². The van der Waals surface area contributed by atoms with Gasteiger partial charge in [0.1, 0.15) is 6.04 Å². The van der Waals surface area contributed by atoms with E-state index in [1.165, 1.54) is 0 Å². The largest absolute Gasteiger partial charge is 0.480 e. The molecule has 0 saturated carbocycles. The molecule has 5 heteroatoms. The Kier molecular flexibility index (Phi) is 4.87. The zero-order valence-electron chi connectivity index (χ0n) is 8.03. The van der Waals surface area contributed by atoms with E-state index >= 15 is 0 Å². The average Bonchev–Trinajstić information content (AvgIpc) is 1.99. The minimum atomic E-state index is -1.05. The van der Waals surface area contributed by atoms with Gasteiger partial charge in [-0.1, -0.05) is 13.8 Å². The Bertz CT molecular complexity index is 191. The molecule has 0 aliphatic rings. The molecule has 0 fully saturated rings. The Morgan fingerprint density at radius 2 is 2.00 bits per heavy atom. The van der Waals surface area contributed by atoms with Gasteiger partial charge in [0.25, 0.3) is 0 Å². The maximum atomic E-state index is 10.9. The van der Waals surface area contributed by atoms with Crippen LogP contribution in [0.15, 0.2) is 0 Å². The van der Waals surface area contributed by atoms with E-state index in [0.29, 0.717) is 0 Å². The normalized spacial score (nSPS) is 12.3. The van der Waals surface area contributed by atoms with Crippen molar-refractivity contribution in [1.82, 2.24) is 5.32 Å². The minimum absolute atomic E-state index is 0.165. The number of ether oxygens (including phenoxy) is 1. The molecule has 1 amide bonds. The van der Waals surface area contributed by atoms with Crippen LogP contribution in [-0.2, 0) is 9.53 Å². The molecular weight excluding hydrogens is 174 g/mol. The minimum Gasteiger partial charge on any atom is -0.480 e. The SMILES string of the molecule is CCOC(=O)NC(C(=O)O)C(C)C. The Balaban J connectivity index is 4.10. The molecule has 0 spiro atoms. The summed E-state index contributed by atoms with van der Waals surface area (Å²) in [4.78, 5) is 21.5. The van der Waals surface area contributed by atoms with Crippen LogP contribution in [0.2, 0.25) is 0 Å². The standard InChI is InChI=1S/C8H15NO4/c1-4-13-8(12)9-6(5(2)3)7(10)11/h5-6H,4H2,1-3H3,(H,9,12)(H,10,11). The van der Waals surface area contributed by atoms with E-state index in [9.17, 15) is 9.59 Å². The Morgan fingerprint density at radius 1 is 1.46 bits per heavy atom. The molecule has 5 nitrogen and oxygen atoms in total. The number of carboxylic acid groups (broad SMARTS) is 1. The summed E-state index contributed by atoms with van der Waals surface area (Å²) in [5, 5.41) is 10.9. The van der Waals surface area contributed by atoms with Gasteiger partial charge in [-0.25, -0.2) is 9.59 Å². The summed E-state index contributed by atoms with van der Waals surface area (Å²) < 4.78 is 4.56. The molecule has 2 N–H and O–H groups in total. The Hall–Kier alpha value is -1.26. The fourth-order valence-electron chi connectivity index (χ4n) is 0.813. The molecule has 1 atom stereocenters. The topological polar surface area (TPSA) is 75.6 Å². The monoisotopic (exact) mass is 189 g/mol. The van der Waals surface area contributed by atoms with Crippen LogP contribution in [0.25, 0.3) is 0 Å². The maximum Gasteiger partial charge on any atom is 0.407 e. The summed E-state index contributed by atoms with van der Waals surface area (Å²) in [5.74, 6) is -1.22. The van der Waals surface area contributed by atoms with Crippen molar-refractivity contribution in [3.05, 3.63) is 0 Å². The molecule has 0 heterocycles. The molecule has 0 aliphatic heterocycles. The number of hydrogen-bond donors (Lipinski definition) is 2. The van der Waals surface area contributed by atoms with E-state index in [0.717, 1.165) is 0 Å². The number of nitrogens with one attached hydrogen (secondary N) is 1. The zero-order chi connectivity index (χ0) is 10.4. The van der Waals surface area contributed by atoms with Crippen LogP contribution >= 0.6 is 0 Å². The van der Waals surface area contributed by atoms with Crippen LogP contribution in [0.3, 0.4) is 0 Å². The van der Waals surface area contributed by atoms with E-state index < -0.39 is 18.1 Å². The first-order valence-corrected chi connectivity index (χ1v) is 4.15. The fraction of sp³-hybridized carbons (Fsp3) is 0.750. The highest BCUT2D eigenvalue weighted by Gasteiger charge is 2.23. The first-order valence-electron chi connectivity index (χ1n) is 4.15. The average molecular weight is 189 g/mol. The lowest BCUT2D eigenvalue weighted by Gasteiger charge is -2.16. The van der Waals surface area contributed by atoms with Gasteiger partial charge < -0.3 is 15.2 Å². The van der Waals surface area contributed by atoms with Gasteiger partial charge in [0.05, 0.1) is 6.61 Å². The highest BCUT2D eigenvalue weighted by Crippen LogP contribution is 2.01. The molecule has 0 aromatic rings. The van der Waals surface area contributed by atoms with Crippen molar-refractivity contribution in [3.8, 4) is 0 Å². The molecule has 0 rings (SSSR count). The van der Waals surface area contributed by atoms with Crippen LogP contribution in [0.4, 0.5) is 4.79 Å². The number of rotatable bonds is 4. The second-order valence-corrected chi connectivity index (χ2v) is 2.92. The lowest BCUT2D eigenvalue weighted by atomic mass is 10.1. The summed E-state index contributed by atoms with van der Waals surface area (Å²) >= 11 is 0. The summed E-state index contributed by atoms with van der Waals surface area (Å²) in [7, 11) is 0. The van der Waals surface area contributed by atoms with Crippen molar-refractivity contribution in [1.29, 1.82) is 0 Å². The third-order valence-corrected chi connectivity index (χ3v) is 1.48. The van der Waals surface area contributed by atoms with Crippen LogP contribution < -0.4 is 5.32 Å². The highest BCUT2D eigenvalue weighted by molar-refractivity contribution is 5.80. The van der Waals surface area contributed by atoms with E-state index in [-0.39, 0.29) is 12.5 Å². The van der Waals surface area contributed by atoms with Crippen molar-refractivity contribution in [2.24, 2.45) is 5.92 Å². The van der Waals surface area contributed by atoms with Gasteiger partial charge >= 0.3 is 12.1 Å². The second kappa shape index (κ2) is 5.40. The Morgan fingerprint density at radius 3 is 2.31 bits per heavy atom. The molecule has 1 unspecified atom stereocenters. The van der Waals surface area contributed by atoms with Gasteiger partial charge in [-0.15, -0.1) is 0 Å². The number of aliphatic carboxylic acids is 1. The lowest BCUT2D eigenvalue weighted by molar-refractivity contribution is -0.140. The highest BCUT2D eigenvalue weighted by atomic mass is 16.5. The predicted octanol–water partition coefficient (Wildman–Crippen LogP) is 0.842. The molecule has 0 bridgehead atoms. The summed E-state index contributed by atoms with van der Waals surface area (Å²) in [6, 6.07) is -0.890. The smallest absolute Gasteiger partial charge is 0.407 e. The summed E-state index contributed by atoms with van der Waals surface area (Å²) in [6.45, 7) is 5.32. The lowest BCUT2D eigenvalue weighted by Crippen LogP contribution is -2.44. The molecule has 13 heavy (non-hydrogen) atoms. The van der Waals surface area contributed by atoms with Crippen molar-refractivity contribution in [2.75, 3.05) is 6.61 Å². The van der Waals surface area contributed by atoms with Crippen molar-refractivity contribution in [2.45, 2.75) is 26.8 Å². The zero-order valence-corrected chi connectivity index (χ0v) is 8.03. The van der Waals surface area contributed by atoms with Gasteiger partial charge in [0.2, 0.25) is 0 Å². The van der Waals surface area contributed by atoms with Crippen LogP contribution in [0.1, 0.15) is 20.8 Å². The van der Waals surface area contributed by atoms with E-state index in [1.807, 2.05) is 0 Å². The number of carbonyl (C=O) groups is 2.